The lowest BCUT2D eigenvalue weighted by Gasteiger charge is -2.31. The lowest BCUT2D eigenvalue weighted by Crippen LogP contribution is -2.43. The molecule has 3 N–H and O–H groups in total. The Morgan fingerprint density at radius 1 is 1.25 bits per heavy atom. The Bertz CT molecular complexity index is 549. The highest BCUT2D eigenvalue weighted by Gasteiger charge is 2.33. The maximum atomic E-state index is 12.3. The van der Waals surface area contributed by atoms with Gasteiger partial charge in [-0.2, -0.15) is 0 Å². The van der Waals surface area contributed by atoms with E-state index in [1.807, 2.05) is 19.1 Å². The minimum atomic E-state index is -3.22. The Kier molecular flexibility index (Phi) is 4.70. The highest BCUT2D eigenvalue weighted by Crippen LogP contribution is 2.34. The summed E-state index contributed by atoms with van der Waals surface area (Å²) in [5.41, 5.74) is 6.48. The maximum Gasteiger partial charge on any atom is 0.180 e. The Hall–Kier alpha value is -1.07. The zero-order valence-electron chi connectivity index (χ0n) is 12.1. The number of nitrogens with two attached hydrogens (primary N) is 1. The molecule has 0 unspecified atom stereocenters. The first-order valence-electron chi connectivity index (χ1n) is 7.33. The molecule has 4 nitrogen and oxygen atoms in total. The predicted molar refractivity (Wildman–Crippen MR) is 82.7 cm³/mol. The summed E-state index contributed by atoms with van der Waals surface area (Å²) in [4.78, 5) is 0.404. The summed E-state index contributed by atoms with van der Waals surface area (Å²) in [5, 5.41) is 3.43. The van der Waals surface area contributed by atoms with Crippen molar-refractivity contribution in [3.8, 4) is 0 Å². The minimum absolute atomic E-state index is 0.141. The summed E-state index contributed by atoms with van der Waals surface area (Å²) in [6.45, 7) is 2.42. The fourth-order valence-corrected chi connectivity index (χ4v) is 4.43. The van der Waals surface area contributed by atoms with Crippen molar-refractivity contribution in [2.75, 3.05) is 17.6 Å². The van der Waals surface area contributed by atoms with E-state index in [4.69, 9.17) is 5.73 Å². The van der Waals surface area contributed by atoms with Crippen molar-refractivity contribution >= 4 is 15.5 Å². The monoisotopic (exact) mass is 296 g/mol. The second-order valence-electron chi connectivity index (χ2n) is 5.63. The predicted octanol–water partition coefficient (Wildman–Crippen LogP) is 2.55. The van der Waals surface area contributed by atoms with E-state index in [0.717, 1.165) is 25.7 Å². The first-order chi connectivity index (χ1) is 9.53. The van der Waals surface area contributed by atoms with Gasteiger partial charge in [-0.15, -0.1) is 0 Å². The zero-order valence-corrected chi connectivity index (χ0v) is 12.9. The second-order valence-corrected chi connectivity index (χ2v) is 7.71. The van der Waals surface area contributed by atoms with Gasteiger partial charge < -0.3 is 11.1 Å². The maximum absolute atomic E-state index is 12.3. The van der Waals surface area contributed by atoms with E-state index >= 15 is 0 Å². The van der Waals surface area contributed by atoms with Crippen molar-refractivity contribution in [1.29, 1.82) is 0 Å². The molecule has 0 spiro atoms. The molecule has 1 saturated carbocycles. The Morgan fingerprint density at radius 3 is 2.50 bits per heavy atom. The molecule has 0 bridgehead atoms. The molecule has 0 aromatic heterocycles. The molecule has 1 fully saturated rings. The van der Waals surface area contributed by atoms with Crippen LogP contribution in [-0.4, -0.2) is 26.3 Å². The van der Waals surface area contributed by atoms with Gasteiger partial charge >= 0.3 is 0 Å². The van der Waals surface area contributed by atoms with Gasteiger partial charge in [0.25, 0.3) is 0 Å². The van der Waals surface area contributed by atoms with Gasteiger partial charge in [-0.3, -0.25) is 0 Å². The van der Waals surface area contributed by atoms with Crippen LogP contribution >= 0.6 is 0 Å². The van der Waals surface area contributed by atoms with E-state index in [9.17, 15) is 8.42 Å². The molecule has 0 radical (unpaired) electrons. The van der Waals surface area contributed by atoms with Gasteiger partial charge in [0.15, 0.2) is 9.84 Å². The molecule has 5 heteroatoms. The van der Waals surface area contributed by atoms with Crippen LogP contribution in [0.4, 0.5) is 5.69 Å². The van der Waals surface area contributed by atoms with Gasteiger partial charge in [-0.05, 0) is 31.4 Å². The van der Waals surface area contributed by atoms with Crippen LogP contribution in [0, 0.1) is 0 Å². The number of sulfone groups is 1. The van der Waals surface area contributed by atoms with Gasteiger partial charge in [-0.25, -0.2) is 8.42 Å². The molecule has 1 aromatic rings. The van der Waals surface area contributed by atoms with Crippen molar-refractivity contribution in [3.63, 3.8) is 0 Å². The number of benzene rings is 1. The average molecular weight is 296 g/mol. The number of rotatable bonds is 6. The van der Waals surface area contributed by atoms with Gasteiger partial charge in [0.2, 0.25) is 0 Å². The minimum Gasteiger partial charge on any atom is -0.377 e. The lowest BCUT2D eigenvalue weighted by atomic mass is 9.97. The quantitative estimate of drug-likeness (QED) is 0.846. The smallest absolute Gasteiger partial charge is 0.180 e. The standard InChI is InChI=1S/C15H24N2O2S/c1-2-11-20(18,19)14-8-4-3-7-13(14)17-15(12-16)9-5-6-10-15/h3-4,7-8,17H,2,5-6,9-12,16H2,1H3. The van der Waals surface area contributed by atoms with Crippen LogP contribution in [0.2, 0.25) is 0 Å². The highest BCUT2D eigenvalue weighted by molar-refractivity contribution is 7.91. The molecule has 112 valence electrons. The number of hydrogen-bond acceptors (Lipinski definition) is 4. The number of nitrogens with one attached hydrogen (secondary N) is 1. The van der Waals surface area contributed by atoms with Crippen LogP contribution in [0.15, 0.2) is 29.2 Å². The SMILES string of the molecule is CCCS(=O)(=O)c1ccccc1NC1(CN)CCCC1. The van der Waals surface area contributed by atoms with E-state index in [1.165, 1.54) is 0 Å². The van der Waals surface area contributed by atoms with Crippen LogP contribution in [-0.2, 0) is 9.84 Å². The Labute approximate surface area is 121 Å². The molecular formula is C15H24N2O2S. The summed E-state index contributed by atoms with van der Waals surface area (Å²) in [7, 11) is -3.22. The molecule has 20 heavy (non-hydrogen) atoms. The largest absolute Gasteiger partial charge is 0.377 e. The van der Waals surface area contributed by atoms with E-state index < -0.39 is 9.84 Å². The fraction of sp³-hybridized carbons (Fsp3) is 0.600. The van der Waals surface area contributed by atoms with Crippen molar-refractivity contribution in [3.05, 3.63) is 24.3 Å². The van der Waals surface area contributed by atoms with Crippen LogP contribution in [0.25, 0.3) is 0 Å². The van der Waals surface area contributed by atoms with E-state index in [1.54, 1.807) is 12.1 Å². The molecule has 1 aromatic carbocycles. The van der Waals surface area contributed by atoms with E-state index in [0.29, 0.717) is 23.5 Å². The highest BCUT2D eigenvalue weighted by atomic mass is 32.2. The summed E-state index contributed by atoms with van der Waals surface area (Å²) in [5.74, 6) is 0.182. The number of para-hydroxylation sites is 1. The molecule has 2 rings (SSSR count). The first kappa shape index (κ1) is 15.3. The van der Waals surface area contributed by atoms with Gasteiger partial charge in [-0.1, -0.05) is 31.9 Å². The zero-order chi connectivity index (χ0) is 14.6. The topological polar surface area (TPSA) is 72.2 Å². The molecule has 0 saturated heterocycles. The van der Waals surface area contributed by atoms with Gasteiger partial charge in [0.05, 0.1) is 16.3 Å². The fourth-order valence-electron chi connectivity index (χ4n) is 2.94. The van der Waals surface area contributed by atoms with Crippen molar-refractivity contribution in [2.45, 2.75) is 49.5 Å². The molecule has 1 aliphatic rings. The van der Waals surface area contributed by atoms with Crippen molar-refractivity contribution in [2.24, 2.45) is 5.73 Å². The van der Waals surface area contributed by atoms with Crippen LogP contribution in [0.5, 0.6) is 0 Å². The molecule has 0 atom stereocenters. The summed E-state index contributed by atoms with van der Waals surface area (Å²) < 4.78 is 24.7. The molecule has 0 aliphatic heterocycles. The average Bonchev–Trinajstić information content (AvgIpc) is 2.88. The molecular weight excluding hydrogens is 272 g/mol. The Morgan fingerprint density at radius 2 is 1.90 bits per heavy atom. The van der Waals surface area contributed by atoms with Crippen molar-refractivity contribution < 1.29 is 8.42 Å². The third-order valence-electron chi connectivity index (χ3n) is 4.05. The number of anilines is 1. The summed E-state index contributed by atoms with van der Waals surface area (Å²) in [6.07, 6.45) is 4.93. The first-order valence-corrected chi connectivity index (χ1v) is 8.98. The van der Waals surface area contributed by atoms with Crippen molar-refractivity contribution in [1.82, 2.24) is 0 Å². The van der Waals surface area contributed by atoms with Gasteiger partial charge in [0.1, 0.15) is 0 Å². The lowest BCUT2D eigenvalue weighted by molar-refractivity contribution is 0.491. The Balaban J connectivity index is 2.33. The summed E-state index contributed by atoms with van der Waals surface area (Å²) in [6, 6.07) is 7.18. The number of hydrogen-bond donors (Lipinski definition) is 2. The normalized spacial score (nSPS) is 18.1. The van der Waals surface area contributed by atoms with Crippen LogP contribution < -0.4 is 11.1 Å². The summed E-state index contributed by atoms with van der Waals surface area (Å²) >= 11 is 0. The molecule has 1 aliphatic carbocycles. The van der Waals surface area contributed by atoms with Gasteiger partial charge in [0, 0.05) is 12.1 Å². The third-order valence-corrected chi connectivity index (χ3v) is 6.02. The third kappa shape index (κ3) is 3.15. The van der Waals surface area contributed by atoms with E-state index in [2.05, 4.69) is 5.32 Å². The molecule has 0 amide bonds. The van der Waals surface area contributed by atoms with E-state index in [-0.39, 0.29) is 11.3 Å². The molecule has 0 heterocycles. The second kappa shape index (κ2) is 6.14. The van der Waals surface area contributed by atoms with Crippen LogP contribution in [0.1, 0.15) is 39.0 Å². The van der Waals surface area contributed by atoms with Crippen LogP contribution in [0.3, 0.4) is 0 Å².